The molecule has 0 radical (unpaired) electrons. The zero-order valence-electron chi connectivity index (χ0n) is 11.4. The number of ether oxygens (including phenoxy) is 1. The number of halogens is 1. The standard InChI is InChI=1S/C16H21ClO2/c1-2-12-6-3-4-9-15(12)16(18)11-19-14-8-5-7-13(17)10-14/h5,7-8,10,12,15H,2-4,6,9,11H2,1H3. The fraction of sp³-hybridized carbons (Fsp3) is 0.562. The van der Waals surface area contributed by atoms with Gasteiger partial charge in [-0.3, -0.25) is 4.79 Å². The maximum Gasteiger partial charge on any atom is 0.173 e. The van der Waals surface area contributed by atoms with Crippen LogP contribution in [0.1, 0.15) is 39.0 Å². The summed E-state index contributed by atoms with van der Waals surface area (Å²) >= 11 is 5.89. The average Bonchev–Trinajstić information content (AvgIpc) is 2.45. The van der Waals surface area contributed by atoms with Gasteiger partial charge in [0, 0.05) is 10.9 Å². The highest BCUT2D eigenvalue weighted by Gasteiger charge is 2.29. The van der Waals surface area contributed by atoms with E-state index < -0.39 is 0 Å². The molecule has 0 N–H and O–H groups in total. The van der Waals surface area contributed by atoms with Crippen LogP contribution >= 0.6 is 11.6 Å². The van der Waals surface area contributed by atoms with Crippen molar-refractivity contribution < 1.29 is 9.53 Å². The van der Waals surface area contributed by atoms with Gasteiger partial charge in [0.25, 0.3) is 0 Å². The third kappa shape index (κ3) is 3.97. The molecule has 104 valence electrons. The zero-order chi connectivity index (χ0) is 13.7. The molecule has 0 amide bonds. The molecule has 0 bridgehead atoms. The molecule has 2 nitrogen and oxygen atoms in total. The zero-order valence-corrected chi connectivity index (χ0v) is 12.2. The van der Waals surface area contributed by atoms with Gasteiger partial charge in [-0.15, -0.1) is 0 Å². The largest absolute Gasteiger partial charge is 0.486 e. The van der Waals surface area contributed by atoms with Crippen LogP contribution in [-0.2, 0) is 4.79 Å². The summed E-state index contributed by atoms with van der Waals surface area (Å²) in [6, 6.07) is 7.20. The lowest BCUT2D eigenvalue weighted by atomic mass is 9.76. The van der Waals surface area contributed by atoms with E-state index in [1.54, 1.807) is 12.1 Å². The first-order chi connectivity index (χ1) is 9.20. The molecule has 19 heavy (non-hydrogen) atoms. The van der Waals surface area contributed by atoms with Gasteiger partial charge in [-0.2, -0.15) is 0 Å². The minimum Gasteiger partial charge on any atom is -0.486 e. The Bertz CT molecular complexity index is 431. The van der Waals surface area contributed by atoms with Crippen molar-refractivity contribution in [3.05, 3.63) is 29.3 Å². The fourth-order valence-electron chi connectivity index (χ4n) is 2.94. The summed E-state index contributed by atoms with van der Waals surface area (Å²) in [5.74, 6) is 1.65. The van der Waals surface area contributed by atoms with E-state index >= 15 is 0 Å². The van der Waals surface area contributed by atoms with Gasteiger partial charge < -0.3 is 4.74 Å². The van der Waals surface area contributed by atoms with E-state index in [0.29, 0.717) is 16.7 Å². The van der Waals surface area contributed by atoms with Gasteiger partial charge in [-0.05, 0) is 37.0 Å². The van der Waals surface area contributed by atoms with Crippen molar-refractivity contribution in [3.8, 4) is 5.75 Å². The molecule has 0 aromatic heterocycles. The Kier molecular flexibility index (Phi) is 5.26. The monoisotopic (exact) mass is 280 g/mol. The number of carbonyl (C=O) groups is 1. The van der Waals surface area contributed by atoms with E-state index in [2.05, 4.69) is 6.92 Å². The third-order valence-corrected chi connectivity index (χ3v) is 4.26. The minimum absolute atomic E-state index is 0.168. The van der Waals surface area contributed by atoms with Crippen LogP contribution in [0.5, 0.6) is 5.75 Å². The summed E-state index contributed by atoms with van der Waals surface area (Å²) in [5.41, 5.74) is 0. The van der Waals surface area contributed by atoms with Gasteiger partial charge in [-0.1, -0.05) is 43.9 Å². The lowest BCUT2D eigenvalue weighted by molar-refractivity contribution is -0.127. The number of hydrogen-bond acceptors (Lipinski definition) is 2. The van der Waals surface area contributed by atoms with E-state index in [0.717, 1.165) is 12.8 Å². The first kappa shape index (κ1) is 14.4. The second-order valence-corrected chi connectivity index (χ2v) is 5.71. The molecule has 2 rings (SSSR count). The van der Waals surface area contributed by atoms with Crippen LogP contribution in [0.25, 0.3) is 0 Å². The third-order valence-electron chi connectivity index (χ3n) is 4.02. The molecule has 2 atom stereocenters. The summed E-state index contributed by atoms with van der Waals surface area (Å²) in [4.78, 5) is 12.3. The normalized spacial score (nSPS) is 23.1. The number of benzene rings is 1. The Morgan fingerprint density at radius 3 is 2.89 bits per heavy atom. The first-order valence-electron chi connectivity index (χ1n) is 7.11. The minimum atomic E-state index is 0.168. The smallest absolute Gasteiger partial charge is 0.173 e. The number of carbonyl (C=O) groups excluding carboxylic acids is 1. The Morgan fingerprint density at radius 1 is 1.37 bits per heavy atom. The highest BCUT2D eigenvalue weighted by Crippen LogP contribution is 2.33. The molecule has 0 aliphatic heterocycles. The van der Waals surface area contributed by atoms with E-state index in [4.69, 9.17) is 16.3 Å². The van der Waals surface area contributed by atoms with Gasteiger partial charge in [0.1, 0.15) is 12.4 Å². The van der Waals surface area contributed by atoms with Crippen LogP contribution < -0.4 is 4.74 Å². The maximum absolute atomic E-state index is 12.3. The Morgan fingerprint density at radius 2 is 2.16 bits per heavy atom. The number of rotatable bonds is 5. The Hall–Kier alpha value is -1.02. The lowest BCUT2D eigenvalue weighted by Crippen LogP contribution is -2.30. The molecule has 1 fully saturated rings. The second kappa shape index (κ2) is 6.95. The number of hydrogen-bond donors (Lipinski definition) is 0. The van der Waals surface area contributed by atoms with Crippen molar-refractivity contribution in [2.75, 3.05) is 6.61 Å². The molecule has 3 heteroatoms. The number of Topliss-reactive ketones (excluding diaryl/α,β-unsaturated/α-hetero) is 1. The molecule has 0 saturated heterocycles. The van der Waals surface area contributed by atoms with Gasteiger partial charge in [0.2, 0.25) is 0 Å². The van der Waals surface area contributed by atoms with E-state index in [1.165, 1.54) is 19.3 Å². The van der Waals surface area contributed by atoms with Crippen molar-refractivity contribution >= 4 is 17.4 Å². The SMILES string of the molecule is CCC1CCCCC1C(=O)COc1cccc(Cl)c1. The van der Waals surface area contributed by atoms with Crippen LogP contribution in [0.3, 0.4) is 0 Å². The molecule has 1 aromatic rings. The predicted octanol–water partition coefficient (Wildman–Crippen LogP) is 4.50. The van der Waals surface area contributed by atoms with Crippen molar-refractivity contribution in [1.82, 2.24) is 0 Å². The van der Waals surface area contributed by atoms with Crippen molar-refractivity contribution in [1.29, 1.82) is 0 Å². The molecule has 2 unspecified atom stereocenters. The molecule has 1 saturated carbocycles. The van der Waals surface area contributed by atoms with E-state index in [-0.39, 0.29) is 18.3 Å². The second-order valence-electron chi connectivity index (χ2n) is 5.27. The van der Waals surface area contributed by atoms with E-state index in [1.807, 2.05) is 12.1 Å². The molecular weight excluding hydrogens is 260 g/mol. The Balaban J connectivity index is 1.89. The summed E-state index contributed by atoms with van der Waals surface area (Å²) in [6.07, 6.45) is 5.73. The lowest BCUT2D eigenvalue weighted by Gasteiger charge is -2.29. The highest BCUT2D eigenvalue weighted by atomic mass is 35.5. The number of ketones is 1. The van der Waals surface area contributed by atoms with Gasteiger partial charge in [0.05, 0.1) is 0 Å². The van der Waals surface area contributed by atoms with Gasteiger partial charge >= 0.3 is 0 Å². The van der Waals surface area contributed by atoms with Gasteiger partial charge in [0.15, 0.2) is 5.78 Å². The summed E-state index contributed by atoms with van der Waals surface area (Å²) in [7, 11) is 0. The van der Waals surface area contributed by atoms with E-state index in [9.17, 15) is 4.79 Å². The maximum atomic E-state index is 12.3. The first-order valence-corrected chi connectivity index (χ1v) is 7.49. The van der Waals surface area contributed by atoms with Crippen LogP contribution in [0.2, 0.25) is 5.02 Å². The van der Waals surface area contributed by atoms with Crippen LogP contribution in [0.15, 0.2) is 24.3 Å². The Labute approximate surface area is 120 Å². The highest BCUT2D eigenvalue weighted by molar-refractivity contribution is 6.30. The van der Waals surface area contributed by atoms with Crippen molar-refractivity contribution in [3.63, 3.8) is 0 Å². The molecule has 0 spiro atoms. The summed E-state index contributed by atoms with van der Waals surface area (Å²) in [5, 5.41) is 0.633. The molecule has 0 heterocycles. The van der Waals surface area contributed by atoms with Crippen LogP contribution in [0.4, 0.5) is 0 Å². The average molecular weight is 281 g/mol. The quantitative estimate of drug-likeness (QED) is 0.793. The summed E-state index contributed by atoms with van der Waals surface area (Å²) < 4.78 is 5.56. The molecule has 1 aliphatic rings. The van der Waals surface area contributed by atoms with Crippen molar-refractivity contribution in [2.45, 2.75) is 39.0 Å². The molecular formula is C16H21ClO2. The van der Waals surface area contributed by atoms with Crippen LogP contribution in [0, 0.1) is 11.8 Å². The predicted molar refractivity (Wildman–Crippen MR) is 77.7 cm³/mol. The van der Waals surface area contributed by atoms with Crippen molar-refractivity contribution in [2.24, 2.45) is 11.8 Å². The topological polar surface area (TPSA) is 26.3 Å². The van der Waals surface area contributed by atoms with Crippen LogP contribution in [-0.4, -0.2) is 12.4 Å². The molecule has 1 aromatic carbocycles. The van der Waals surface area contributed by atoms with Gasteiger partial charge in [-0.25, -0.2) is 0 Å². The molecule has 1 aliphatic carbocycles. The summed E-state index contributed by atoms with van der Waals surface area (Å²) in [6.45, 7) is 2.34. The fourth-order valence-corrected chi connectivity index (χ4v) is 3.12.